The summed E-state index contributed by atoms with van der Waals surface area (Å²) in [7, 11) is 1.94. The van der Waals surface area contributed by atoms with Crippen LogP contribution in [0.1, 0.15) is 5.56 Å². The molecule has 0 saturated carbocycles. The normalized spacial score (nSPS) is 14.2. The van der Waals surface area contributed by atoms with Gasteiger partial charge in [0.1, 0.15) is 0 Å². The van der Waals surface area contributed by atoms with Crippen molar-refractivity contribution in [3.63, 3.8) is 0 Å². The molecule has 2 rings (SSSR count). The summed E-state index contributed by atoms with van der Waals surface area (Å²) < 4.78 is 0. The minimum atomic E-state index is 0. The number of carbonyl (C=O) groups excluding carboxylic acids is 1. The Hall–Kier alpha value is -1.74. The van der Waals surface area contributed by atoms with Crippen molar-refractivity contribution < 1.29 is 4.79 Å². The molecule has 0 radical (unpaired) electrons. The van der Waals surface area contributed by atoms with Gasteiger partial charge in [-0.15, -0.1) is 12.4 Å². The molecule has 1 aliphatic rings. The number of halogens is 1. The largest absolute Gasteiger partial charge is 0.361 e. The molecule has 3 nitrogen and oxygen atoms in total. The molecule has 0 aliphatic carbocycles. The third-order valence-electron chi connectivity index (χ3n) is 2.38. The molecule has 0 saturated heterocycles. The van der Waals surface area contributed by atoms with Gasteiger partial charge in [-0.3, -0.25) is 9.69 Å². The average Bonchev–Trinajstić information content (AvgIpc) is 2.74. The lowest BCUT2D eigenvalue weighted by Crippen LogP contribution is -2.27. The Morgan fingerprint density at radius 2 is 1.94 bits per heavy atom. The second-order valence-electron chi connectivity index (χ2n) is 3.75. The number of amides is 1. The summed E-state index contributed by atoms with van der Waals surface area (Å²) in [6.45, 7) is 0.623. The first kappa shape index (κ1) is 13.3. The maximum absolute atomic E-state index is 11.7. The highest BCUT2D eigenvalue weighted by molar-refractivity contribution is 5.92. The predicted octanol–water partition coefficient (Wildman–Crippen LogP) is 2.32. The Morgan fingerprint density at radius 1 is 1.24 bits per heavy atom. The Labute approximate surface area is 107 Å². The molecule has 17 heavy (non-hydrogen) atoms. The van der Waals surface area contributed by atoms with Gasteiger partial charge >= 0.3 is 0 Å². The van der Waals surface area contributed by atoms with Crippen molar-refractivity contribution >= 4 is 24.4 Å². The highest BCUT2D eigenvalue weighted by Gasteiger charge is 2.13. The monoisotopic (exact) mass is 250 g/mol. The van der Waals surface area contributed by atoms with Gasteiger partial charge in [0, 0.05) is 25.5 Å². The molecular weight excluding hydrogens is 236 g/mol. The van der Waals surface area contributed by atoms with Gasteiger partial charge in [-0.2, -0.15) is 0 Å². The summed E-state index contributed by atoms with van der Waals surface area (Å²) in [4.78, 5) is 15.3. The van der Waals surface area contributed by atoms with Gasteiger partial charge in [0.05, 0.1) is 6.67 Å². The van der Waals surface area contributed by atoms with Crippen molar-refractivity contribution in [1.82, 2.24) is 9.80 Å². The Kier molecular flexibility index (Phi) is 4.79. The van der Waals surface area contributed by atoms with Crippen LogP contribution in [0.25, 0.3) is 6.08 Å². The van der Waals surface area contributed by atoms with E-state index in [0.717, 1.165) is 5.56 Å². The van der Waals surface area contributed by atoms with Gasteiger partial charge in [0.25, 0.3) is 5.91 Å². The summed E-state index contributed by atoms with van der Waals surface area (Å²) in [5.74, 6) is 0.00412. The predicted molar refractivity (Wildman–Crippen MR) is 71.3 cm³/mol. The molecule has 0 bridgehead atoms. The third kappa shape index (κ3) is 3.64. The third-order valence-corrected chi connectivity index (χ3v) is 2.38. The molecule has 0 unspecified atom stereocenters. The van der Waals surface area contributed by atoms with Gasteiger partial charge in [-0.25, -0.2) is 0 Å². The molecule has 0 atom stereocenters. The zero-order valence-corrected chi connectivity index (χ0v) is 10.4. The minimum absolute atomic E-state index is 0. The lowest BCUT2D eigenvalue weighted by molar-refractivity contribution is -0.123. The first-order valence-corrected chi connectivity index (χ1v) is 5.18. The molecular formula is C13H15ClN2O. The van der Waals surface area contributed by atoms with Gasteiger partial charge in [-0.1, -0.05) is 30.3 Å². The molecule has 1 aromatic carbocycles. The fraction of sp³-hybridized carbons (Fsp3) is 0.154. The van der Waals surface area contributed by atoms with Gasteiger partial charge in [-0.05, 0) is 11.6 Å². The van der Waals surface area contributed by atoms with Gasteiger partial charge < -0.3 is 4.90 Å². The van der Waals surface area contributed by atoms with Crippen LogP contribution in [0, 0.1) is 0 Å². The van der Waals surface area contributed by atoms with Crippen molar-refractivity contribution in [1.29, 1.82) is 0 Å². The lowest BCUT2D eigenvalue weighted by atomic mass is 10.2. The molecule has 1 heterocycles. The molecule has 0 aromatic heterocycles. The first-order valence-electron chi connectivity index (χ1n) is 5.18. The number of hydrogen-bond donors (Lipinski definition) is 0. The van der Waals surface area contributed by atoms with E-state index in [1.807, 2.05) is 54.6 Å². The van der Waals surface area contributed by atoms with Crippen LogP contribution in [-0.4, -0.2) is 29.4 Å². The number of benzene rings is 1. The van der Waals surface area contributed by atoms with Crippen LogP contribution in [0.5, 0.6) is 0 Å². The zero-order valence-electron chi connectivity index (χ0n) is 9.61. The molecule has 0 spiro atoms. The Bertz CT molecular complexity index is 428. The SMILES string of the molecule is CN1C=CN(C(=O)/C=C/c2ccccc2)C1.Cl. The molecule has 1 aliphatic heterocycles. The smallest absolute Gasteiger partial charge is 0.252 e. The summed E-state index contributed by atoms with van der Waals surface area (Å²) in [6, 6.07) is 9.80. The number of hydrogen-bond acceptors (Lipinski definition) is 2. The molecule has 1 aromatic rings. The molecule has 4 heteroatoms. The van der Waals surface area contributed by atoms with Crippen LogP contribution < -0.4 is 0 Å². The van der Waals surface area contributed by atoms with E-state index in [9.17, 15) is 4.79 Å². The van der Waals surface area contributed by atoms with E-state index in [1.165, 1.54) is 0 Å². The average molecular weight is 251 g/mol. The highest BCUT2D eigenvalue weighted by atomic mass is 35.5. The first-order chi connectivity index (χ1) is 7.75. The maximum atomic E-state index is 11.7. The van der Waals surface area contributed by atoms with E-state index in [-0.39, 0.29) is 18.3 Å². The van der Waals surface area contributed by atoms with Crippen LogP contribution in [-0.2, 0) is 4.79 Å². The van der Waals surface area contributed by atoms with E-state index >= 15 is 0 Å². The molecule has 90 valence electrons. The van der Waals surface area contributed by atoms with Crippen molar-refractivity contribution in [3.05, 3.63) is 54.4 Å². The van der Waals surface area contributed by atoms with Crippen molar-refractivity contribution in [3.8, 4) is 0 Å². The quantitative estimate of drug-likeness (QED) is 0.752. The number of carbonyl (C=O) groups is 1. The van der Waals surface area contributed by atoms with Crippen molar-refractivity contribution in [2.24, 2.45) is 0 Å². The van der Waals surface area contributed by atoms with Crippen LogP contribution >= 0.6 is 12.4 Å². The maximum Gasteiger partial charge on any atom is 0.252 e. The fourth-order valence-electron chi connectivity index (χ4n) is 1.50. The minimum Gasteiger partial charge on any atom is -0.361 e. The topological polar surface area (TPSA) is 23.6 Å². The summed E-state index contributed by atoms with van der Waals surface area (Å²) in [5, 5.41) is 0. The van der Waals surface area contributed by atoms with E-state index < -0.39 is 0 Å². The van der Waals surface area contributed by atoms with Crippen molar-refractivity contribution in [2.75, 3.05) is 13.7 Å². The Balaban J connectivity index is 0.00000144. The Morgan fingerprint density at radius 3 is 2.53 bits per heavy atom. The van der Waals surface area contributed by atoms with Gasteiger partial charge in [0.15, 0.2) is 0 Å². The highest BCUT2D eigenvalue weighted by Crippen LogP contribution is 2.06. The van der Waals surface area contributed by atoms with E-state index in [0.29, 0.717) is 6.67 Å². The zero-order chi connectivity index (χ0) is 11.4. The second kappa shape index (κ2) is 6.11. The summed E-state index contributed by atoms with van der Waals surface area (Å²) >= 11 is 0. The molecule has 0 N–H and O–H groups in total. The fourth-order valence-corrected chi connectivity index (χ4v) is 1.50. The van der Waals surface area contributed by atoms with E-state index in [1.54, 1.807) is 17.2 Å². The van der Waals surface area contributed by atoms with Crippen molar-refractivity contribution in [2.45, 2.75) is 0 Å². The van der Waals surface area contributed by atoms with Gasteiger partial charge in [0.2, 0.25) is 0 Å². The molecule has 1 amide bonds. The van der Waals surface area contributed by atoms with Crippen LogP contribution in [0.4, 0.5) is 0 Å². The number of nitrogens with zero attached hydrogens (tertiary/aromatic N) is 2. The lowest BCUT2D eigenvalue weighted by Gasteiger charge is -2.13. The standard InChI is InChI=1S/C13H14N2O.ClH/c1-14-9-10-15(11-14)13(16)8-7-12-5-3-2-4-6-12;/h2-10H,11H2,1H3;1H/b8-7+;. The van der Waals surface area contributed by atoms with Crippen LogP contribution in [0.15, 0.2) is 48.8 Å². The second-order valence-corrected chi connectivity index (χ2v) is 3.75. The van der Waals surface area contributed by atoms with Crippen LogP contribution in [0.3, 0.4) is 0 Å². The summed E-state index contributed by atoms with van der Waals surface area (Å²) in [5.41, 5.74) is 1.03. The van der Waals surface area contributed by atoms with Crippen LogP contribution in [0.2, 0.25) is 0 Å². The van der Waals surface area contributed by atoms with E-state index in [2.05, 4.69) is 0 Å². The van der Waals surface area contributed by atoms with E-state index in [4.69, 9.17) is 0 Å². The molecule has 0 fully saturated rings. The summed E-state index contributed by atoms with van der Waals surface area (Å²) in [6.07, 6.45) is 7.10. The number of rotatable bonds is 2.